The van der Waals surface area contributed by atoms with Crippen LogP contribution < -0.4 is 4.90 Å². The van der Waals surface area contributed by atoms with Crippen LogP contribution in [0, 0.1) is 0 Å². The topological polar surface area (TPSA) is 66.8 Å². The molecule has 1 N–H and O–H groups in total. The maximum atomic E-state index is 11.3. The van der Waals surface area contributed by atoms with Gasteiger partial charge in [0.25, 0.3) is 0 Å². The Morgan fingerprint density at radius 3 is 2.81 bits per heavy atom. The smallest absolute Gasteiger partial charge is 0.337 e. The standard InChI is InChI=1S/C10H13NO4S/c1-11(7-16(13)14)9-5-3-4-8(6-9)10(12)15-2/h3-6H,7H2,1-2H3,(H,13,14). The number of rotatable bonds is 4. The van der Waals surface area contributed by atoms with Gasteiger partial charge in [0.1, 0.15) is 5.88 Å². The van der Waals surface area contributed by atoms with E-state index < -0.39 is 17.0 Å². The lowest BCUT2D eigenvalue weighted by molar-refractivity contribution is 0.0601. The van der Waals surface area contributed by atoms with Crippen molar-refractivity contribution in [1.82, 2.24) is 0 Å². The second-order valence-corrected chi connectivity index (χ2v) is 4.09. The minimum absolute atomic E-state index is 0.00930. The predicted octanol–water partition coefficient (Wildman–Crippen LogP) is 1.09. The van der Waals surface area contributed by atoms with Gasteiger partial charge in [0.15, 0.2) is 11.1 Å². The molecule has 0 aliphatic carbocycles. The molecule has 0 saturated heterocycles. The van der Waals surface area contributed by atoms with Crippen LogP contribution in [0.2, 0.25) is 0 Å². The highest BCUT2D eigenvalue weighted by Gasteiger charge is 2.08. The van der Waals surface area contributed by atoms with Gasteiger partial charge < -0.3 is 14.2 Å². The van der Waals surface area contributed by atoms with Crippen LogP contribution in [0.3, 0.4) is 0 Å². The zero-order valence-corrected chi connectivity index (χ0v) is 9.86. The van der Waals surface area contributed by atoms with Crippen LogP contribution in [0.4, 0.5) is 5.69 Å². The zero-order chi connectivity index (χ0) is 12.1. The number of carbonyl (C=O) groups is 1. The van der Waals surface area contributed by atoms with Crippen LogP contribution in [0.1, 0.15) is 10.4 Å². The summed E-state index contributed by atoms with van der Waals surface area (Å²) in [6.45, 7) is 0. The Labute approximate surface area is 96.3 Å². The van der Waals surface area contributed by atoms with Gasteiger partial charge in [-0.05, 0) is 18.2 Å². The van der Waals surface area contributed by atoms with Gasteiger partial charge in [0.2, 0.25) is 0 Å². The number of esters is 1. The van der Waals surface area contributed by atoms with E-state index in [2.05, 4.69) is 4.74 Å². The molecule has 6 heteroatoms. The van der Waals surface area contributed by atoms with Crippen molar-refractivity contribution in [1.29, 1.82) is 0 Å². The Morgan fingerprint density at radius 1 is 1.56 bits per heavy atom. The summed E-state index contributed by atoms with van der Waals surface area (Å²) in [6, 6.07) is 6.68. The second-order valence-electron chi connectivity index (χ2n) is 3.19. The number of ether oxygens (including phenoxy) is 1. The number of hydrogen-bond acceptors (Lipinski definition) is 4. The summed E-state index contributed by atoms with van der Waals surface area (Å²) in [7, 11) is 2.98. The molecule has 88 valence electrons. The first kappa shape index (κ1) is 12.7. The molecular weight excluding hydrogens is 230 g/mol. The minimum Gasteiger partial charge on any atom is -0.465 e. The quantitative estimate of drug-likeness (QED) is 0.633. The van der Waals surface area contributed by atoms with Crippen molar-refractivity contribution < 1.29 is 18.3 Å². The van der Waals surface area contributed by atoms with Crippen LogP contribution in [0.5, 0.6) is 0 Å². The van der Waals surface area contributed by atoms with Gasteiger partial charge in [-0.2, -0.15) is 0 Å². The third-order valence-electron chi connectivity index (χ3n) is 2.01. The minimum atomic E-state index is -1.91. The van der Waals surface area contributed by atoms with Crippen LogP contribution in [-0.2, 0) is 15.8 Å². The molecule has 0 bridgehead atoms. The Hall–Kier alpha value is -1.40. The highest BCUT2D eigenvalue weighted by Crippen LogP contribution is 2.15. The fourth-order valence-corrected chi connectivity index (χ4v) is 1.71. The summed E-state index contributed by atoms with van der Waals surface area (Å²) in [5.74, 6) is -0.440. The number of benzene rings is 1. The normalized spacial score (nSPS) is 11.9. The van der Waals surface area contributed by atoms with E-state index in [1.54, 1.807) is 36.2 Å². The lowest BCUT2D eigenvalue weighted by Gasteiger charge is -2.17. The molecule has 0 aromatic heterocycles. The van der Waals surface area contributed by atoms with E-state index in [0.29, 0.717) is 11.3 Å². The third-order valence-corrected chi connectivity index (χ3v) is 2.62. The van der Waals surface area contributed by atoms with Crippen molar-refractivity contribution >= 4 is 22.7 Å². The predicted molar refractivity (Wildman–Crippen MR) is 61.8 cm³/mol. The number of carbonyl (C=O) groups excluding carboxylic acids is 1. The van der Waals surface area contributed by atoms with Crippen molar-refractivity contribution in [2.45, 2.75) is 0 Å². The summed E-state index contributed by atoms with van der Waals surface area (Å²) < 4.78 is 24.0. The fourth-order valence-electron chi connectivity index (χ4n) is 1.23. The molecule has 1 aromatic rings. The van der Waals surface area contributed by atoms with Crippen LogP contribution >= 0.6 is 0 Å². The molecule has 0 aliphatic rings. The highest BCUT2D eigenvalue weighted by atomic mass is 32.2. The molecule has 5 nitrogen and oxygen atoms in total. The molecule has 1 atom stereocenters. The summed E-state index contributed by atoms with van der Waals surface area (Å²) >= 11 is -1.91. The maximum absolute atomic E-state index is 11.3. The largest absolute Gasteiger partial charge is 0.465 e. The summed E-state index contributed by atoms with van der Waals surface area (Å²) in [6.07, 6.45) is 0. The van der Waals surface area contributed by atoms with Crippen molar-refractivity contribution in [3.05, 3.63) is 29.8 Å². The number of methoxy groups -OCH3 is 1. The van der Waals surface area contributed by atoms with E-state index in [1.165, 1.54) is 7.11 Å². The third kappa shape index (κ3) is 3.32. The molecule has 0 saturated carbocycles. The van der Waals surface area contributed by atoms with Gasteiger partial charge >= 0.3 is 5.97 Å². The molecule has 0 heterocycles. The molecule has 0 spiro atoms. The van der Waals surface area contributed by atoms with Gasteiger partial charge in [-0.1, -0.05) is 6.07 Å². The first-order valence-electron chi connectivity index (χ1n) is 4.51. The van der Waals surface area contributed by atoms with E-state index in [-0.39, 0.29) is 5.88 Å². The Bertz CT molecular complexity index is 408. The maximum Gasteiger partial charge on any atom is 0.337 e. The average Bonchev–Trinajstić information content (AvgIpc) is 2.27. The van der Waals surface area contributed by atoms with Gasteiger partial charge in [-0.3, -0.25) is 0 Å². The molecule has 1 unspecified atom stereocenters. The Morgan fingerprint density at radius 2 is 2.25 bits per heavy atom. The zero-order valence-electron chi connectivity index (χ0n) is 9.04. The van der Waals surface area contributed by atoms with E-state index in [1.807, 2.05) is 0 Å². The molecular formula is C10H13NO4S. The van der Waals surface area contributed by atoms with Crippen molar-refractivity contribution in [3.63, 3.8) is 0 Å². The summed E-state index contributed by atoms with van der Waals surface area (Å²) in [4.78, 5) is 12.8. The highest BCUT2D eigenvalue weighted by molar-refractivity contribution is 7.79. The van der Waals surface area contributed by atoms with Gasteiger partial charge in [-0.25, -0.2) is 9.00 Å². The first-order valence-corrected chi connectivity index (χ1v) is 5.79. The van der Waals surface area contributed by atoms with E-state index >= 15 is 0 Å². The molecule has 16 heavy (non-hydrogen) atoms. The van der Waals surface area contributed by atoms with E-state index in [4.69, 9.17) is 4.55 Å². The monoisotopic (exact) mass is 243 g/mol. The van der Waals surface area contributed by atoms with Gasteiger partial charge in [0.05, 0.1) is 12.7 Å². The van der Waals surface area contributed by atoms with Gasteiger partial charge in [-0.15, -0.1) is 0 Å². The van der Waals surface area contributed by atoms with E-state index in [9.17, 15) is 9.00 Å². The SMILES string of the molecule is COC(=O)c1cccc(N(C)CS(=O)O)c1. The summed E-state index contributed by atoms with van der Waals surface area (Å²) in [5.41, 5.74) is 1.10. The molecule has 0 radical (unpaired) electrons. The lowest BCUT2D eigenvalue weighted by atomic mass is 10.2. The molecule has 1 aromatic carbocycles. The Balaban J connectivity index is 2.89. The average molecular weight is 243 g/mol. The van der Waals surface area contributed by atoms with E-state index in [0.717, 1.165) is 0 Å². The molecule has 0 aliphatic heterocycles. The van der Waals surface area contributed by atoms with Crippen LogP contribution in [0.25, 0.3) is 0 Å². The van der Waals surface area contributed by atoms with Crippen LogP contribution in [0.15, 0.2) is 24.3 Å². The first-order chi connectivity index (χ1) is 7.54. The van der Waals surface area contributed by atoms with Crippen molar-refractivity contribution in [2.75, 3.05) is 24.9 Å². The van der Waals surface area contributed by atoms with Crippen LogP contribution in [-0.4, -0.2) is 34.8 Å². The summed E-state index contributed by atoms with van der Waals surface area (Å²) in [5, 5.41) is 0. The molecule has 0 fully saturated rings. The van der Waals surface area contributed by atoms with Crippen molar-refractivity contribution in [2.24, 2.45) is 0 Å². The van der Waals surface area contributed by atoms with Crippen molar-refractivity contribution in [3.8, 4) is 0 Å². The molecule has 0 amide bonds. The number of hydrogen-bond donors (Lipinski definition) is 1. The fraction of sp³-hybridized carbons (Fsp3) is 0.300. The Kier molecular flexibility index (Phi) is 4.45. The number of nitrogens with zero attached hydrogens (tertiary/aromatic N) is 1. The number of anilines is 1. The second kappa shape index (κ2) is 5.62. The molecule has 1 rings (SSSR count). The van der Waals surface area contributed by atoms with Gasteiger partial charge in [0, 0.05) is 12.7 Å². The lowest BCUT2D eigenvalue weighted by Crippen LogP contribution is -2.22.